The van der Waals surface area contributed by atoms with Gasteiger partial charge in [0.2, 0.25) is 0 Å². The summed E-state index contributed by atoms with van der Waals surface area (Å²) in [5.41, 5.74) is 1.55. The smallest absolute Gasteiger partial charge is 0.261 e. The molecular formula is C21H23BrN2O3. The summed E-state index contributed by atoms with van der Waals surface area (Å²) in [5, 5.41) is 0.510. The number of nitrogens with zero attached hydrogens (tertiary/aromatic N) is 2. The van der Waals surface area contributed by atoms with E-state index < -0.39 is 0 Å². The lowest BCUT2D eigenvalue weighted by atomic mass is 10.1. The van der Waals surface area contributed by atoms with Gasteiger partial charge in [0.1, 0.15) is 5.82 Å². The Balaban J connectivity index is 2.28. The van der Waals surface area contributed by atoms with Gasteiger partial charge in [-0.15, -0.1) is 0 Å². The van der Waals surface area contributed by atoms with E-state index in [0.29, 0.717) is 34.8 Å². The summed E-state index contributed by atoms with van der Waals surface area (Å²) in [6, 6.07) is 13.4. The third-order valence-corrected chi connectivity index (χ3v) is 5.97. The van der Waals surface area contributed by atoms with E-state index >= 15 is 0 Å². The van der Waals surface area contributed by atoms with Crippen LogP contribution in [0.2, 0.25) is 0 Å². The second-order valence-electron chi connectivity index (χ2n) is 6.72. The molecule has 0 radical (unpaired) electrons. The van der Waals surface area contributed by atoms with Gasteiger partial charge < -0.3 is 9.47 Å². The quantitative estimate of drug-likeness (QED) is 0.538. The normalized spacial score (nSPS) is 12.4. The molecular weight excluding hydrogens is 408 g/mol. The Morgan fingerprint density at radius 3 is 2.30 bits per heavy atom. The average Bonchev–Trinajstić information content (AvgIpc) is 2.69. The molecule has 1 atom stereocenters. The van der Waals surface area contributed by atoms with Crippen LogP contribution in [0.25, 0.3) is 10.9 Å². The van der Waals surface area contributed by atoms with Crippen molar-refractivity contribution >= 4 is 26.8 Å². The number of hydrogen-bond acceptors (Lipinski definition) is 4. The SMILES string of the molecule is COc1cc2nc(C(Br)C(C)C)n(Cc3ccccc3)c(=O)c2cc1OC. The fraction of sp³-hybridized carbons (Fsp3) is 0.333. The molecule has 6 heteroatoms. The minimum Gasteiger partial charge on any atom is -0.493 e. The molecule has 0 aliphatic heterocycles. The van der Waals surface area contributed by atoms with Gasteiger partial charge in [-0.05, 0) is 17.5 Å². The van der Waals surface area contributed by atoms with Crippen molar-refractivity contribution < 1.29 is 9.47 Å². The van der Waals surface area contributed by atoms with Gasteiger partial charge in [0.25, 0.3) is 5.56 Å². The van der Waals surface area contributed by atoms with Crippen LogP contribution >= 0.6 is 15.9 Å². The highest BCUT2D eigenvalue weighted by Crippen LogP contribution is 2.33. The van der Waals surface area contributed by atoms with E-state index in [2.05, 4.69) is 29.8 Å². The van der Waals surface area contributed by atoms with E-state index in [1.54, 1.807) is 30.9 Å². The third kappa shape index (κ3) is 3.86. The van der Waals surface area contributed by atoms with Crippen LogP contribution in [-0.4, -0.2) is 23.8 Å². The number of rotatable bonds is 6. The molecule has 142 valence electrons. The van der Waals surface area contributed by atoms with Crippen molar-refractivity contribution in [2.45, 2.75) is 25.2 Å². The van der Waals surface area contributed by atoms with Gasteiger partial charge in [0, 0.05) is 6.07 Å². The van der Waals surface area contributed by atoms with Crippen molar-refractivity contribution in [2.24, 2.45) is 5.92 Å². The van der Waals surface area contributed by atoms with Crippen molar-refractivity contribution in [3.63, 3.8) is 0 Å². The van der Waals surface area contributed by atoms with E-state index in [4.69, 9.17) is 14.5 Å². The van der Waals surface area contributed by atoms with Gasteiger partial charge in [0.05, 0.1) is 36.5 Å². The van der Waals surface area contributed by atoms with E-state index in [1.807, 2.05) is 30.3 Å². The molecule has 0 spiro atoms. The van der Waals surface area contributed by atoms with Gasteiger partial charge in [0.15, 0.2) is 11.5 Å². The van der Waals surface area contributed by atoms with Gasteiger partial charge in [-0.25, -0.2) is 4.98 Å². The molecule has 0 saturated carbocycles. The number of halogens is 1. The maximum absolute atomic E-state index is 13.4. The highest BCUT2D eigenvalue weighted by atomic mass is 79.9. The lowest BCUT2D eigenvalue weighted by Crippen LogP contribution is -2.27. The summed E-state index contributed by atoms with van der Waals surface area (Å²) >= 11 is 3.72. The first-order valence-corrected chi connectivity index (χ1v) is 9.72. The molecule has 3 rings (SSSR count). The molecule has 0 aliphatic carbocycles. The number of ether oxygens (including phenoxy) is 2. The van der Waals surface area contributed by atoms with E-state index in [-0.39, 0.29) is 16.3 Å². The molecule has 0 bridgehead atoms. The van der Waals surface area contributed by atoms with Crippen LogP contribution in [0.1, 0.15) is 30.1 Å². The molecule has 1 aromatic heterocycles. The first-order valence-electron chi connectivity index (χ1n) is 8.80. The average molecular weight is 431 g/mol. The van der Waals surface area contributed by atoms with Crippen molar-refractivity contribution in [1.29, 1.82) is 0 Å². The minimum absolute atomic E-state index is 0.0496. The van der Waals surface area contributed by atoms with E-state index in [9.17, 15) is 4.79 Å². The largest absolute Gasteiger partial charge is 0.493 e. The van der Waals surface area contributed by atoms with Crippen LogP contribution < -0.4 is 15.0 Å². The van der Waals surface area contributed by atoms with Crippen molar-refractivity contribution in [3.05, 3.63) is 64.2 Å². The summed E-state index contributed by atoms with van der Waals surface area (Å²) in [5.74, 6) is 2.05. The number of hydrogen-bond donors (Lipinski definition) is 0. The molecule has 2 aromatic carbocycles. The molecule has 0 amide bonds. The molecule has 5 nitrogen and oxygen atoms in total. The summed E-state index contributed by atoms with van der Waals surface area (Å²) in [6.45, 7) is 4.65. The van der Waals surface area contributed by atoms with Gasteiger partial charge in [-0.1, -0.05) is 60.1 Å². The zero-order valence-electron chi connectivity index (χ0n) is 15.9. The second kappa shape index (κ2) is 8.13. The Morgan fingerprint density at radius 1 is 1.07 bits per heavy atom. The number of alkyl halides is 1. The number of aromatic nitrogens is 2. The highest BCUT2D eigenvalue weighted by molar-refractivity contribution is 9.09. The number of methoxy groups -OCH3 is 2. The maximum atomic E-state index is 13.4. The first kappa shape index (κ1) is 19.4. The Hall–Kier alpha value is -2.34. The predicted octanol–water partition coefficient (Wildman–Crippen LogP) is 4.55. The number of fused-ring (bicyclic) bond motifs is 1. The van der Waals surface area contributed by atoms with Crippen molar-refractivity contribution in [2.75, 3.05) is 14.2 Å². The monoisotopic (exact) mass is 430 g/mol. The molecule has 0 fully saturated rings. The maximum Gasteiger partial charge on any atom is 0.261 e. The Labute approximate surface area is 167 Å². The highest BCUT2D eigenvalue weighted by Gasteiger charge is 2.22. The summed E-state index contributed by atoms with van der Waals surface area (Å²) in [7, 11) is 3.13. The van der Waals surface area contributed by atoms with Gasteiger partial charge >= 0.3 is 0 Å². The Bertz CT molecular complexity index is 1000. The molecule has 27 heavy (non-hydrogen) atoms. The molecule has 1 heterocycles. The van der Waals surface area contributed by atoms with Crippen LogP contribution in [0.4, 0.5) is 0 Å². The lowest BCUT2D eigenvalue weighted by molar-refractivity contribution is 0.355. The number of benzene rings is 2. The summed E-state index contributed by atoms with van der Waals surface area (Å²) in [6.07, 6.45) is 0. The van der Waals surface area contributed by atoms with E-state index in [0.717, 1.165) is 5.56 Å². The minimum atomic E-state index is -0.0927. The van der Waals surface area contributed by atoms with Crippen LogP contribution in [0.3, 0.4) is 0 Å². The molecule has 0 aliphatic rings. The third-order valence-electron chi connectivity index (χ3n) is 4.50. The molecule has 3 aromatic rings. The zero-order valence-corrected chi connectivity index (χ0v) is 17.5. The van der Waals surface area contributed by atoms with Crippen LogP contribution in [0.15, 0.2) is 47.3 Å². The van der Waals surface area contributed by atoms with Crippen LogP contribution in [0.5, 0.6) is 11.5 Å². The fourth-order valence-corrected chi connectivity index (χ4v) is 3.34. The van der Waals surface area contributed by atoms with Gasteiger partial charge in [-0.2, -0.15) is 0 Å². The second-order valence-corrected chi connectivity index (χ2v) is 7.70. The van der Waals surface area contributed by atoms with Crippen molar-refractivity contribution in [3.8, 4) is 11.5 Å². The molecule has 1 unspecified atom stereocenters. The predicted molar refractivity (Wildman–Crippen MR) is 111 cm³/mol. The fourth-order valence-electron chi connectivity index (χ4n) is 2.99. The van der Waals surface area contributed by atoms with Crippen LogP contribution in [0, 0.1) is 5.92 Å². The van der Waals surface area contributed by atoms with Crippen LogP contribution in [-0.2, 0) is 6.54 Å². The summed E-state index contributed by atoms with van der Waals surface area (Å²) < 4.78 is 12.5. The lowest BCUT2D eigenvalue weighted by Gasteiger charge is -2.20. The van der Waals surface area contributed by atoms with Crippen molar-refractivity contribution in [1.82, 2.24) is 9.55 Å². The van der Waals surface area contributed by atoms with Gasteiger partial charge in [-0.3, -0.25) is 9.36 Å². The molecule has 0 N–H and O–H groups in total. The Morgan fingerprint density at radius 2 is 1.70 bits per heavy atom. The topological polar surface area (TPSA) is 53.4 Å². The molecule has 0 saturated heterocycles. The standard InChI is InChI=1S/C21H23BrN2O3/c1-13(2)19(22)20-23-16-11-18(27-4)17(26-3)10-15(16)21(25)24(20)12-14-8-6-5-7-9-14/h5-11,13,19H,12H2,1-4H3. The Kier molecular flexibility index (Phi) is 5.85. The van der Waals surface area contributed by atoms with E-state index in [1.165, 1.54) is 0 Å². The summed E-state index contributed by atoms with van der Waals surface area (Å²) in [4.78, 5) is 18.1. The zero-order chi connectivity index (χ0) is 19.6. The first-order chi connectivity index (χ1) is 13.0.